The van der Waals surface area contributed by atoms with Crippen molar-refractivity contribution in [2.24, 2.45) is 5.73 Å². The lowest BCUT2D eigenvalue weighted by molar-refractivity contribution is 0.316. The summed E-state index contributed by atoms with van der Waals surface area (Å²) in [7, 11) is 0. The molecule has 0 spiro atoms. The molecule has 1 aromatic rings. The molecule has 0 unspecified atom stereocenters. The fourth-order valence-corrected chi connectivity index (χ4v) is 2.64. The normalized spacial score (nSPS) is 21.7. The Morgan fingerprint density at radius 1 is 1.54 bits per heavy atom. The lowest BCUT2D eigenvalue weighted by Gasteiger charge is -2.31. The molecule has 1 aliphatic rings. The van der Waals surface area contributed by atoms with Gasteiger partial charge in [0.15, 0.2) is 0 Å². The predicted octanol–water partition coefficient (Wildman–Crippen LogP) is 0.989. The van der Waals surface area contributed by atoms with Crippen molar-refractivity contribution in [2.75, 3.05) is 13.1 Å². The van der Waals surface area contributed by atoms with Crippen LogP contribution in [-0.2, 0) is 5.54 Å². The Morgan fingerprint density at radius 3 is 2.77 bits per heavy atom. The van der Waals surface area contributed by atoms with Gasteiger partial charge in [-0.1, -0.05) is 0 Å². The highest BCUT2D eigenvalue weighted by atomic mass is 32.1. The molecule has 4 heteroatoms. The van der Waals surface area contributed by atoms with Crippen molar-refractivity contribution in [1.29, 1.82) is 0 Å². The van der Waals surface area contributed by atoms with E-state index in [0.717, 1.165) is 36.6 Å². The standard InChI is InChI=1S/C9H15N3S/c1-7-6-13-8(12-7)9(10)2-4-11-5-3-9/h6,11H,2-5,10H2,1H3. The summed E-state index contributed by atoms with van der Waals surface area (Å²) in [5.74, 6) is 0. The molecule has 0 radical (unpaired) electrons. The van der Waals surface area contributed by atoms with E-state index in [1.54, 1.807) is 11.3 Å². The summed E-state index contributed by atoms with van der Waals surface area (Å²) in [5, 5.41) is 6.49. The number of aryl methyl sites for hydroxylation is 1. The molecule has 72 valence electrons. The third-order valence-electron chi connectivity index (χ3n) is 2.54. The van der Waals surface area contributed by atoms with Gasteiger partial charge in [0.1, 0.15) is 5.01 Å². The molecule has 3 nitrogen and oxygen atoms in total. The van der Waals surface area contributed by atoms with Crippen LogP contribution in [0.25, 0.3) is 0 Å². The monoisotopic (exact) mass is 197 g/mol. The van der Waals surface area contributed by atoms with Crippen LogP contribution in [0.4, 0.5) is 0 Å². The van der Waals surface area contributed by atoms with E-state index in [9.17, 15) is 0 Å². The minimum atomic E-state index is -0.163. The first-order chi connectivity index (χ1) is 6.21. The molecule has 0 atom stereocenters. The Balaban J connectivity index is 2.22. The smallest absolute Gasteiger partial charge is 0.113 e. The summed E-state index contributed by atoms with van der Waals surface area (Å²) in [6.07, 6.45) is 2.00. The first-order valence-electron chi connectivity index (χ1n) is 4.63. The van der Waals surface area contributed by atoms with Crippen LogP contribution in [0, 0.1) is 6.92 Å². The van der Waals surface area contributed by atoms with Crippen molar-refractivity contribution in [3.63, 3.8) is 0 Å². The minimum Gasteiger partial charge on any atom is -0.319 e. The molecule has 1 fully saturated rings. The van der Waals surface area contributed by atoms with Gasteiger partial charge in [0.05, 0.1) is 5.54 Å². The molecule has 0 aliphatic carbocycles. The Hall–Kier alpha value is -0.450. The minimum absolute atomic E-state index is 0.163. The van der Waals surface area contributed by atoms with Crippen molar-refractivity contribution >= 4 is 11.3 Å². The van der Waals surface area contributed by atoms with Crippen molar-refractivity contribution in [2.45, 2.75) is 25.3 Å². The maximum absolute atomic E-state index is 6.30. The molecule has 1 saturated heterocycles. The molecule has 0 amide bonds. The Labute approximate surface area is 82.4 Å². The topological polar surface area (TPSA) is 50.9 Å². The molecule has 2 heterocycles. The Morgan fingerprint density at radius 2 is 2.23 bits per heavy atom. The number of nitrogens with zero attached hydrogens (tertiary/aromatic N) is 1. The van der Waals surface area contributed by atoms with Gasteiger partial charge in [-0.2, -0.15) is 0 Å². The van der Waals surface area contributed by atoms with Crippen LogP contribution in [0.1, 0.15) is 23.5 Å². The zero-order chi connectivity index (χ0) is 9.31. The van der Waals surface area contributed by atoms with Crippen LogP contribution in [0.3, 0.4) is 0 Å². The zero-order valence-electron chi connectivity index (χ0n) is 7.84. The average Bonchev–Trinajstić information content (AvgIpc) is 2.54. The molecule has 3 N–H and O–H groups in total. The summed E-state index contributed by atoms with van der Waals surface area (Å²) in [4.78, 5) is 4.47. The number of hydrogen-bond donors (Lipinski definition) is 2. The van der Waals surface area contributed by atoms with Gasteiger partial charge in [0, 0.05) is 11.1 Å². The van der Waals surface area contributed by atoms with E-state index < -0.39 is 0 Å². The van der Waals surface area contributed by atoms with E-state index in [2.05, 4.69) is 15.7 Å². The summed E-state index contributed by atoms with van der Waals surface area (Å²) in [5.41, 5.74) is 7.23. The quantitative estimate of drug-likeness (QED) is 0.706. The van der Waals surface area contributed by atoms with Gasteiger partial charge >= 0.3 is 0 Å². The van der Waals surface area contributed by atoms with Crippen LogP contribution >= 0.6 is 11.3 Å². The molecule has 0 saturated carbocycles. The van der Waals surface area contributed by atoms with Gasteiger partial charge in [-0.3, -0.25) is 0 Å². The van der Waals surface area contributed by atoms with Gasteiger partial charge in [0.25, 0.3) is 0 Å². The molecular weight excluding hydrogens is 182 g/mol. The first kappa shape index (κ1) is 9.12. The maximum Gasteiger partial charge on any atom is 0.113 e. The number of rotatable bonds is 1. The fraction of sp³-hybridized carbons (Fsp3) is 0.667. The molecule has 0 bridgehead atoms. The molecule has 13 heavy (non-hydrogen) atoms. The van der Waals surface area contributed by atoms with Gasteiger partial charge < -0.3 is 11.1 Å². The van der Waals surface area contributed by atoms with Gasteiger partial charge in [0.2, 0.25) is 0 Å². The van der Waals surface area contributed by atoms with Crippen LogP contribution < -0.4 is 11.1 Å². The highest BCUT2D eigenvalue weighted by Crippen LogP contribution is 2.29. The third-order valence-corrected chi connectivity index (χ3v) is 3.72. The van der Waals surface area contributed by atoms with Crippen molar-refractivity contribution in [1.82, 2.24) is 10.3 Å². The number of hydrogen-bond acceptors (Lipinski definition) is 4. The van der Waals surface area contributed by atoms with Crippen LogP contribution in [0.15, 0.2) is 5.38 Å². The lowest BCUT2D eigenvalue weighted by Crippen LogP contribution is -2.46. The van der Waals surface area contributed by atoms with E-state index in [0.29, 0.717) is 0 Å². The summed E-state index contributed by atoms with van der Waals surface area (Å²) in [6.45, 7) is 4.04. The van der Waals surface area contributed by atoms with Crippen molar-refractivity contribution in [3.8, 4) is 0 Å². The van der Waals surface area contributed by atoms with E-state index in [-0.39, 0.29) is 5.54 Å². The van der Waals surface area contributed by atoms with E-state index in [1.807, 2.05) is 6.92 Å². The highest BCUT2D eigenvalue weighted by molar-refractivity contribution is 7.09. The van der Waals surface area contributed by atoms with Crippen molar-refractivity contribution in [3.05, 3.63) is 16.1 Å². The molecular formula is C9H15N3S. The van der Waals surface area contributed by atoms with E-state index >= 15 is 0 Å². The second kappa shape index (κ2) is 3.36. The van der Waals surface area contributed by atoms with Crippen LogP contribution in [0.5, 0.6) is 0 Å². The zero-order valence-corrected chi connectivity index (χ0v) is 8.66. The number of nitrogens with one attached hydrogen (secondary N) is 1. The van der Waals surface area contributed by atoms with Crippen LogP contribution in [0.2, 0.25) is 0 Å². The number of nitrogens with two attached hydrogens (primary N) is 1. The molecule has 1 aromatic heterocycles. The second-order valence-corrected chi connectivity index (χ2v) is 4.56. The number of aromatic nitrogens is 1. The second-order valence-electron chi connectivity index (χ2n) is 3.70. The first-order valence-corrected chi connectivity index (χ1v) is 5.51. The summed E-state index contributed by atoms with van der Waals surface area (Å²) < 4.78 is 0. The summed E-state index contributed by atoms with van der Waals surface area (Å²) in [6, 6.07) is 0. The van der Waals surface area contributed by atoms with E-state index in [1.165, 1.54) is 0 Å². The SMILES string of the molecule is Cc1csc(C2(N)CCNCC2)n1. The molecule has 1 aliphatic heterocycles. The molecule has 0 aromatic carbocycles. The average molecular weight is 197 g/mol. The van der Waals surface area contributed by atoms with Gasteiger partial charge in [-0.15, -0.1) is 11.3 Å². The lowest BCUT2D eigenvalue weighted by atomic mass is 9.90. The Kier molecular flexibility index (Phi) is 2.36. The fourth-order valence-electron chi connectivity index (χ4n) is 1.67. The van der Waals surface area contributed by atoms with E-state index in [4.69, 9.17) is 5.73 Å². The largest absolute Gasteiger partial charge is 0.319 e. The summed E-state index contributed by atoms with van der Waals surface area (Å²) >= 11 is 1.69. The van der Waals surface area contributed by atoms with Crippen LogP contribution in [-0.4, -0.2) is 18.1 Å². The maximum atomic E-state index is 6.30. The van der Waals surface area contributed by atoms with Crippen molar-refractivity contribution < 1.29 is 0 Å². The number of piperidine rings is 1. The molecule has 2 rings (SSSR count). The third kappa shape index (κ3) is 1.75. The predicted molar refractivity (Wildman–Crippen MR) is 54.8 cm³/mol. The van der Waals surface area contributed by atoms with Gasteiger partial charge in [-0.25, -0.2) is 4.98 Å². The van der Waals surface area contributed by atoms with Gasteiger partial charge in [-0.05, 0) is 32.9 Å². The number of thiazole rings is 1. The Bertz CT molecular complexity index is 289. The highest BCUT2D eigenvalue weighted by Gasteiger charge is 2.31.